The molecule has 6 heteroatoms. The van der Waals surface area contributed by atoms with Gasteiger partial charge in [0.25, 0.3) is 0 Å². The van der Waals surface area contributed by atoms with Crippen molar-refractivity contribution in [1.82, 2.24) is 0 Å². The van der Waals surface area contributed by atoms with E-state index in [1.807, 2.05) is 6.92 Å². The first-order chi connectivity index (χ1) is 12.8. The molecule has 0 spiro atoms. The zero-order valence-electron chi connectivity index (χ0n) is 16.5. The SMILES string of the molecule is C[S+](CC(=O)C1CCCC1)C1CCCCC1.Cc1ccc(S(=O)(=O)[O-])cc1. The zero-order chi connectivity index (χ0) is 19.9. The third-order valence-electron chi connectivity index (χ3n) is 5.61. The fraction of sp³-hybridized carbons (Fsp3) is 0.667. The van der Waals surface area contributed by atoms with Crippen LogP contribution in [0.3, 0.4) is 0 Å². The minimum atomic E-state index is -4.27. The molecule has 3 rings (SSSR count). The summed E-state index contributed by atoms with van der Waals surface area (Å²) in [4.78, 5) is 11.9. The van der Waals surface area contributed by atoms with Crippen LogP contribution in [0, 0.1) is 12.8 Å². The highest BCUT2D eigenvalue weighted by atomic mass is 32.2. The molecule has 0 heterocycles. The standard InChI is InChI=1S/C14H25OS.C7H8O3S/c1-16(13-9-3-2-4-10-13)11-14(15)12-7-5-6-8-12;1-6-2-4-7(5-3-6)11(8,9)10/h12-13H,2-11H2,1H3;2-5H,1H3,(H,8,9,10)/q+1;/p-1. The third kappa shape index (κ3) is 7.59. The molecule has 0 aromatic heterocycles. The highest BCUT2D eigenvalue weighted by Crippen LogP contribution is 2.28. The van der Waals surface area contributed by atoms with Crippen LogP contribution in [0.2, 0.25) is 0 Å². The summed E-state index contributed by atoms with van der Waals surface area (Å²) >= 11 is 0. The van der Waals surface area contributed by atoms with Gasteiger partial charge >= 0.3 is 0 Å². The van der Waals surface area contributed by atoms with E-state index in [0.29, 0.717) is 22.6 Å². The molecule has 0 N–H and O–H groups in total. The highest BCUT2D eigenvalue weighted by molar-refractivity contribution is 7.97. The fourth-order valence-corrected chi connectivity index (χ4v) is 6.41. The Balaban J connectivity index is 0.000000208. The number of hydrogen-bond donors (Lipinski definition) is 0. The molecule has 0 radical (unpaired) electrons. The van der Waals surface area contributed by atoms with Gasteiger partial charge in [-0.1, -0.05) is 37.0 Å². The van der Waals surface area contributed by atoms with Crippen LogP contribution in [0.15, 0.2) is 29.2 Å². The van der Waals surface area contributed by atoms with E-state index in [2.05, 4.69) is 6.26 Å². The number of ketones is 1. The van der Waals surface area contributed by atoms with Crippen LogP contribution in [0.5, 0.6) is 0 Å². The summed E-state index contributed by atoms with van der Waals surface area (Å²) in [6.07, 6.45) is 14.3. The fourth-order valence-electron chi connectivity index (χ4n) is 3.88. The minimum Gasteiger partial charge on any atom is -0.744 e. The van der Waals surface area contributed by atoms with Gasteiger partial charge < -0.3 is 4.55 Å². The van der Waals surface area contributed by atoms with Crippen LogP contribution in [-0.4, -0.2) is 36.0 Å². The van der Waals surface area contributed by atoms with Crippen molar-refractivity contribution < 1.29 is 17.8 Å². The van der Waals surface area contributed by atoms with Crippen molar-refractivity contribution in [1.29, 1.82) is 0 Å². The summed E-state index contributed by atoms with van der Waals surface area (Å²) in [5.41, 5.74) is 0.928. The Labute approximate surface area is 167 Å². The van der Waals surface area contributed by atoms with E-state index >= 15 is 0 Å². The van der Waals surface area contributed by atoms with E-state index in [0.717, 1.165) is 16.6 Å². The number of carbonyl (C=O) groups is 1. The molecule has 2 fully saturated rings. The zero-order valence-corrected chi connectivity index (χ0v) is 18.1. The second kappa shape index (κ2) is 10.6. The molecule has 2 aliphatic carbocycles. The van der Waals surface area contributed by atoms with Crippen LogP contribution in [0.1, 0.15) is 63.4 Å². The van der Waals surface area contributed by atoms with Gasteiger partial charge in [0.15, 0.2) is 11.5 Å². The molecular weight excluding hydrogens is 380 g/mol. The van der Waals surface area contributed by atoms with Gasteiger partial charge in [0, 0.05) is 5.92 Å². The quantitative estimate of drug-likeness (QED) is 0.536. The summed E-state index contributed by atoms with van der Waals surface area (Å²) in [5, 5.41) is 0.874. The number of benzene rings is 1. The van der Waals surface area contributed by atoms with Gasteiger partial charge in [0.05, 0.1) is 11.2 Å². The second-order valence-corrected chi connectivity index (χ2v) is 11.5. The monoisotopic (exact) mass is 412 g/mol. The molecule has 1 atom stereocenters. The van der Waals surface area contributed by atoms with E-state index in [4.69, 9.17) is 0 Å². The van der Waals surface area contributed by atoms with Crippen LogP contribution in [0.4, 0.5) is 0 Å². The van der Waals surface area contributed by atoms with Gasteiger partial charge in [-0.05, 0) is 68.5 Å². The number of aryl methyl sites for hydroxylation is 1. The van der Waals surface area contributed by atoms with Gasteiger partial charge in [-0.15, -0.1) is 0 Å². The largest absolute Gasteiger partial charge is 0.744 e. The van der Waals surface area contributed by atoms with Gasteiger partial charge in [-0.3, -0.25) is 4.79 Å². The second-order valence-electron chi connectivity index (χ2n) is 7.81. The molecule has 1 aromatic rings. The average Bonchev–Trinajstić information content (AvgIpc) is 3.17. The number of Topliss-reactive ketones (excluding diaryl/α,β-unsaturated/α-hetero) is 1. The molecule has 27 heavy (non-hydrogen) atoms. The first kappa shape index (κ1) is 22.4. The Morgan fingerprint density at radius 3 is 2.04 bits per heavy atom. The molecule has 1 aromatic carbocycles. The number of hydrogen-bond acceptors (Lipinski definition) is 4. The highest BCUT2D eigenvalue weighted by Gasteiger charge is 2.33. The van der Waals surface area contributed by atoms with Crippen molar-refractivity contribution in [3.8, 4) is 0 Å². The van der Waals surface area contributed by atoms with Crippen LogP contribution in [0.25, 0.3) is 0 Å². The third-order valence-corrected chi connectivity index (χ3v) is 8.81. The van der Waals surface area contributed by atoms with Gasteiger partial charge in [0.1, 0.15) is 15.4 Å². The maximum absolute atomic E-state index is 12.1. The molecular formula is C21H32O4S2. The summed E-state index contributed by atoms with van der Waals surface area (Å²) in [7, 11) is -3.90. The Morgan fingerprint density at radius 2 is 1.52 bits per heavy atom. The summed E-state index contributed by atoms with van der Waals surface area (Å²) < 4.78 is 31.2. The van der Waals surface area contributed by atoms with Crippen LogP contribution >= 0.6 is 0 Å². The Hall–Kier alpha value is -0.850. The number of rotatable bonds is 5. The van der Waals surface area contributed by atoms with Crippen molar-refractivity contribution in [3.05, 3.63) is 29.8 Å². The summed E-state index contributed by atoms with van der Waals surface area (Å²) in [5.74, 6) is 1.93. The molecule has 0 amide bonds. The minimum absolute atomic E-state index is 0.178. The molecule has 0 aliphatic heterocycles. The van der Waals surface area contributed by atoms with Gasteiger partial charge in [-0.2, -0.15) is 0 Å². The Kier molecular flexibility index (Phi) is 8.83. The maximum Gasteiger partial charge on any atom is 0.184 e. The number of carbonyl (C=O) groups excluding carboxylic acids is 1. The molecule has 0 saturated heterocycles. The van der Waals surface area contributed by atoms with Crippen molar-refractivity contribution in [2.75, 3.05) is 12.0 Å². The first-order valence-electron chi connectivity index (χ1n) is 9.94. The molecule has 4 nitrogen and oxygen atoms in total. The van der Waals surface area contributed by atoms with Crippen molar-refractivity contribution in [2.45, 2.75) is 74.9 Å². The van der Waals surface area contributed by atoms with Gasteiger partial charge in [-0.25, -0.2) is 8.42 Å². The lowest BCUT2D eigenvalue weighted by molar-refractivity contribution is -0.120. The molecule has 2 saturated carbocycles. The van der Waals surface area contributed by atoms with Crippen LogP contribution in [-0.2, 0) is 25.8 Å². The smallest absolute Gasteiger partial charge is 0.184 e. The van der Waals surface area contributed by atoms with E-state index < -0.39 is 10.1 Å². The van der Waals surface area contributed by atoms with Crippen molar-refractivity contribution in [2.24, 2.45) is 5.92 Å². The molecule has 2 aliphatic rings. The molecule has 1 unspecified atom stereocenters. The Bertz CT molecular complexity index is 685. The summed E-state index contributed by atoms with van der Waals surface area (Å²) in [6, 6.07) is 5.78. The molecule has 0 bridgehead atoms. The van der Waals surface area contributed by atoms with Gasteiger partial charge in [0.2, 0.25) is 0 Å². The lowest BCUT2D eigenvalue weighted by Crippen LogP contribution is -2.31. The molecule has 152 valence electrons. The lowest BCUT2D eigenvalue weighted by Gasteiger charge is -2.21. The Morgan fingerprint density at radius 1 is 1.00 bits per heavy atom. The van der Waals surface area contributed by atoms with E-state index in [9.17, 15) is 17.8 Å². The van der Waals surface area contributed by atoms with Crippen molar-refractivity contribution in [3.63, 3.8) is 0 Å². The predicted molar refractivity (Wildman–Crippen MR) is 111 cm³/mol. The topological polar surface area (TPSA) is 74.3 Å². The van der Waals surface area contributed by atoms with Crippen molar-refractivity contribution >= 4 is 26.8 Å². The maximum atomic E-state index is 12.1. The van der Waals surface area contributed by atoms with E-state index in [1.54, 1.807) is 12.1 Å². The van der Waals surface area contributed by atoms with E-state index in [-0.39, 0.29) is 4.90 Å². The van der Waals surface area contributed by atoms with Crippen LogP contribution < -0.4 is 0 Å². The summed E-state index contributed by atoms with van der Waals surface area (Å²) in [6.45, 7) is 1.82. The average molecular weight is 413 g/mol. The van der Waals surface area contributed by atoms with E-state index in [1.165, 1.54) is 69.9 Å². The predicted octanol–water partition coefficient (Wildman–Crippen LogP) is 4.23. The lowest BCUT2D eigenvalue weighted by atomic mass is 10.0. The first-order valence-corrected chi connectivity index (χ1v) is 13.2. The normalized spacial score (nSPS) is 20.0.